The summed E-state index contributed by atoms with van der Waals surface area (Å²) in [5.41, 5.74) is 3.80. The first-order valence-electron chi connectivity index (χ1n) is 11.8. The van der Waals surface area contributed by atoms with Crippen molar-refractivity contribution in [3.05, 3.63) is 95.8 Å². The van der Waals surface area contributed by atoms with Crippen LogP contribution in [0.3, 0.4) is 0 Å². The van der Waals surface area contributed by atoms with Gasteiger partial charge in [-0.25, -0.2) is 23.1 Å². The lowest BCUT2D eigenvalue weighted by atomic mass is 10.00. The van der Waals surface area contributed by atoms with Crippen LogP contribution in [0, 0.1) is 5.82 Å². The highest BCUT2D eigenvalue weighted by Gasteiger charge is 2.24. The van der Waals surface area contributed by atoms with Gasteiger partial charge in [-0.1, -0.05) is 12.1 Å². The summed E-state index contributed by atoms with van der Waals surface area (Å²) in [5, 5.41) is 0.805. The number of nitrogens with zero attached hydrogens (tertiary/aromatic N) is 3. The van der Waals surface area contributed by atoms with Crippen molar-refractivity contribution >= 4 is 16.8 Å². The Morgan fingerprint density at radius 3 is 2.47 bits per heavy atom. The number of ether oxygens (including phenoxy) is 1. The van der Waals surface area contributed by atoms with E-state index < -0.39 is 11.7 Å². The SMILES string of the molecule is COc1ccc(-c2cc3cc(-c4ccc(CC(=O)Cc5cc(C(C)(F)F)ccn5)cc4F)cnc3[nH]2)cn1. The number of halogens is 3. The van der Waals surface area contributed by atoms with E-state index in [2.05, 4.69) is 19.9 Å². The van der Waals surface area contributed by atoms with E-state index in [0.717, 1.165) is 23.6 Å². The van der Waals surface area contributed by atoms with Crippen molar-refractivity contribution in [3.63, 3.8) is 0 Å². The third-order valence-corrected chi connectivity index (χ3v) is 6.17. The zero-order valence-corrected chi connectivity index (χ0v) is 20.6. The fraction of sp³-hybridized carbons (Fsp3) is 0.172. The molecule has 0 radical (unpaired) electrons. The largest absolute Gasteiger partial charge is 0.481 e. The van der Waals surface area contributed by atoms with Crippen molar-refractivity contribution in [2.75, 3.05) is 7.11 Å². The van der Waals surface area contributed by atoms with E-state index in [4.69, 9.17) is 4.74 Å². The second-order valence-electron chi connectivity index (χ2n) is 9.06. The van der Waals surface area contributed by atoms with Gasteiger partial charge in [0.05, 0.1) is 7.11 Å². The van der Waals surface area contributed by atoms with E-state index in [-0.39, 0.29) is 29.9 Å². The Kier molecular flexibility index (Phi) is 6.67. The minimum absolute atomic E-state index is 0.0417. The van der Waals surface area contributed by atoms with Crippen molar-refractivity contribution in [3.8, 4) is 28.3 Å². The molecule has 4 aromatic heterocycles. The van der Waals surface area contributed by atoms with Gasteiger partial charge in [0.25, 0.3) is 5.92 Å². The zero-order valence-electron chi connectivity index (χ0n) is 20.6. The summed E-state index contributed by atoms with van der Waals surface area (Å²) in [5.74, 6) is -3.25. The molecule has 1 N–H and O–H groups in total. The van der Waals surface area contributed by atoms with Crippen LogP contribution in [-0.2, 0) is 23.6 Å². The molecule has 4 heterocycles. The molecule has 0 spiro atoms. The average molecular weight is 517 g/mol. The monoisotopic (exact) mass is 516 g/mol. The number of pyridine rings is 3. The number of aromatic amines is 1. The highest BCUT2D eigenvalue weighted by Crippen LogP contribution is 2.30. The number of methoxy groups -OCH3 is 1. The predicted octanol–water partition coefficient (Wildman–Crippen LogP) is 6.30. The molecule has 1 aromatic carbocycles. The molecular formula is C29H23F3N4O2. The molecule has 0 fully saturated rings. The van der Waals surface area contributed by atoms with Gasteiger partial charge < -0.3 is 9.72 Å². The van der Waals surface area contributed by atoms with Crippen LogP contribution in [0.2, 0.25) is 0 Å². The number of ketones is 1. The number of rotatable bonds is 8. The molecule has 0 aliphatic carbocycles. The second-order valence-corrected chi connectivity index (χ2v) is 9.06. The van der Waals surface area contributed by atoms with Gasteiger partial charge in [0, 0.05) is 83.5 Å². The van der Waals surface area contributed by atoms with Crippen LogP contribution >= 0.6 is 0 Å². The molecule has 38 heavy (non-hydrogen) atoms. The molecular weight excluding hydrogens is 493 g/mol. The summed E-state index contributed by atoms with van der Waals surface area (Å²) in [4.78, 5) is 28.4. The minimum Gasteiger partial charge on any atom is -0.481 e. The molecule has 6 nitrogen and oxygen atoms in total. The summed E-state index contributed by atoms with van der Waals surface area (Å²) < 4.78 is 47.3. The minimum atomic E-state index is -3.02. The lowest BCUT2D eigenvalue weighted by Crippen LogP contribution is -2.11. The molecule has 5 rings (SSSR count). The number of nitrogens with one attached hydrogen (secondary N) is 1. The number of hydrogen-bond donors (Lipinski definition) is 1. The number of hydrogen-bond acceptors (Lipinski definition) is 5. The van der Waals surface area contributed by atoms with E-state index in [1.807, 2.05) is 18.2 Å². The maximum atomic E-state index is 15.1. The molecule has 0 bridgehead atoms. The van der Waals surface area contributed by atoms with Crippen molar-refractivity contribution in [2.24, 2.45) is 0 Å². The van der Waals surface area contributed by atoms with Gasteiger partial charge in [0.2, 0.25) is 5.88 Å². The lowest BCUT2D eigenvalue weighted by molar-refractivity contribution is -0.117. The van der Waals surface area contributed by atoms with E-state index >= 15 is 4.39 Å². The molecule has 0 saturated carbocycles. The van der Waals surface area contributed by atoms with Gasteiger partial charge in [-0.3, -0.25) is 9.78 Å². The number of alkyl halides is 2. The average Bonchev–Trinajstić information content (AvgIpc) is 3.32. The van der Waals surface area contributed by atoms with Crippen LogP contribution in [0.1, 0.15) is 23.7 Å². The predicted molar refractivity (Wildman–Crippen MR) is 137 cm³/mol. The molecule has 0 amide bonds. The summed E-state index contributed by atoms with van der Waals surface area (Å²) in [7, 11) is 1.55. The topological polar surface area (TPSA) is 80.8 Å². The smallest absolute Gasteiger partial charge is 0.270 e. The van der Waals surface area contributed by atoms with Gasteiger partial charge >= 0.3 is 0 Å². The number of carbonyl (C=O) groups excluding carboxylic acids is 1. The van der Waals surface area contributed by atoms with Crippen molar-refractivity contribution in [1.29, 1.82) is 0 Å². The molecule has 5 aromatic rings. The van der Waals surface area contributed by atoms with Gasteiger partial charge in [-0.05, 0) is 42.0 Å². The number of aromatic nitrogens is 4. The van der Waals surface area contributed by atoms with Crippen LogP contribution in [0.15, 0.2) is 73.2 Å². The fourth-order valence-corrected chi connectivity index (χ4v) is 4.22. The lowest BCUT2D eigenvalue weighted by Gasteiger charge is -2.11. The highest BCUT2D eigenvalue weighted by molar-refractivity contribution is 5.87. The first kappa shape index (κ1) is 25.1. The first-order chi connectivity index (χ1) is 18.2. The van der Waals surface area contributed by atoms with Crippen LogP contribution in [-0.4, -0.2) is 32.8 Å². The van der Waals surface area contributed by atoms with Gasteiger partial charge in [-0.15, -0.1) is 0 Å². The molecule has 0 aliphatic heterocycles. The number of fused-ring (bicyclic) bond motifs is 1. The van der Waals surface area contributed by atoms with E-state index in [1.54, 1.807) is 37.7 Å². The van der Waals surface area contributed by atoms with Gasteiger partial charge in [0.15, 0.2) is 0 Å². The Morgan fingerprint density at radius 2 is 1.76 bits per heavy atom. The third kappa shape index (κ3) is 5.41. The maximum Gasteiger partial charge on any atom is 0.270 e. The molecule has 0 saturated heterocycles. The van der Waals surface area contributed by atoms with E-state index in [0.29, 0.717) is 28.2 Å². The summed E-state index contributed by atoms with van der Waals surface area (Å²) in [6, 6.07) is 14.4. The molecule has 192 valence electrons. The van der Waals surface area contributed by atoms with E-state index in [9.17, 15) is 13.6 Å². The van der Waals surface area contributed by atoms with Gasteiger partial charge in [0.1, 0.15) is 17.2 Å². The van der Waals surface area contributed by atoms with Crippen LogP contribution in [0.25, 0.3) is 33.4 Å². The number of H-pyrrole nitrogens is 1. The number of carbonyl (C=O) groups is 1. The molecule has 0 atom stereocenters. The van der Waals surface area contributed by atoms with E-state index in [1.165, 1.54) is 24.4 Å². The summed E-state index contributed by atoms with van der Waals surface area (Å²) in [6.45, 7) is 0.791. The van der Waals surface area contributed by atoms with Gasteiger partial charge in [-0.2, -0.15) is 0 Å². The van der Waals surface area contributed by atoms with Crippen LogP contribution in [0.5, 0.6) is 5.88 Å². The summed E-state index contributed by atoms with van der Waals surface area (Å²) >= 11 is 0. The Morgan fingerprint density at radius 1 is 0.947 bits per heavy atom. The Balaban J connectivity index is 1.32. The normalized spacial score (nSPS) is 11.6. The molecule has 0 aliphatic rings. The third-order valence-electron chi connectivity index (χ3n) is 6.17. The molecule has 9 heteroatoms. The number of benzene rings is 1. The maximum absolute atomic E-state index is 15.1. The standard InChI is InChI=1S/C29H23F3N4O2/c1-29(31,32)21-7-8-33-22(13-21)14-23(37)9-17-3-5-24(25(30)10-17)20-11-19-12-26(36-28(19)35-16-20)18-4-6-27(38-2)34-15-18/h3-8,10-13,15-16H,9,14H2,1-2H3,(H,35,36). The Labute approximate surface area is 216 Å². The Bertz CT molecular complexity index is 1630. The fourth-order valence-electron chi connectivity index (χ4n) is 4.22. The van der Waals surface area contributed by atoms with Crippen LogP contribution in [0.4, 0.5) is 13.2 Å². The highest BCUT2D eigenvalue weighted by atomic mass is 19.3. The first-order valence-corrected chi connectivity index (χ1v) is 11.8. The van der Waals surface area contributed by atoms with Crippen molar-refractivity contribution in [2.45, 2.75) is 25.7 Å². The second kappa shape index (κ2) is 10.1. The Hall–Kier alpha value is -4.53. The summed E-state index contributed by atoms with van der Waals surface area (Å²) in [6.07, 6.45) is 4.37. The van der Waals surface area contributed by atoms with Crippen molar-refractivity contribution < 1.29 is 22.7 Å². The van der Waals surface area contributed by atoms with Crippen LogP contribution < -0.4 is 4.74 Å². The van der Waals surface area contributed by atoms with Crippen molar-refractivity contribution in [1.82, 2.24) is 19.9 Å². The quantitative estimate of drug-likeness (QED) is 0.262. The molecule has 0 unspecified atom stereocenters. The zero-order chi connectivity index (χ0) is 26.9. The number of Topliss-reactive ketones (excluding diaryl/α,β-unsaturated/α-hetero) is 1.